The predicted molar refractivity (Wildman–Crippen MR) is 97.7 cm³/mol. The zero-order valence-corrected chi connectivity index (χ0v) is 15.1. The number of piperidine rings is 2. The van der Waals surface area contributed by atoms with Crippen molar-refractivity contribution >= 4 is 11.8 Å². The van der Waals surface area contributed by atoms with Gasteiger partial charge in [-0.25, -0.2) is 0 Å². The zero-order valence-electron chi connectivity index (χ0n) is 15.1. The van der Waals surface area contributed by atoms with E-state index in [1.54, 1.807) is 0 Å². The number of hydrogen-bond acceptors (Lipinski definition) is 3. The van der Waals surface area contributed by atoms with E-state index >= 15 is 0 Å². The average molecular weight is 343 g/mol. The Hall–Kier alpha value is -1.88. The van der Waals surface area contributed by atoms with Gasteiger partial charge in [0.15, 0.2) is 0 Å². The molecule has 5 nitrogen and oxygen atoms in total. The second kappa shape index (κ2) is 8.00. The number of carbonyl (C=O) groups excluding carboxylic acids is 2. The summed E-state index contributed by atoms with van der Waals surface area (Å²) in [5.41, 5.74) is 7.99. The van der Waals surface area contributed by atoms with Gasteiger partial charge in [0.1, 0.15) is 0 Å². The summed E-state index contributed by atoms with van der Waals surface area (Å²) in [4.78, 5) is 28.4. The van der Waals surface area contributed by atoms with E-state index < -0.39 is 0 Å². The van der Waals surface area contributed by atoms with Crippen molar-refractivity contribution in [3.05, 3.63) is 35.4 Å². The fraction of sp³-hybridized carbons (Fsp3) is 0.600. The van der Waals surface area contributed by atoms with Crippen molar-refractivity contribution in [1.29, 1.82) is 0 Å². The van der Waals surface area contributed by atoms with Crippen molar-refractivity contribution in [3.63, 3.8) is 0 Å². The van der Waals surface area contributed by atoms with Crippen molar-refractivity contribution in [2.24, 2.45) is 17.6 Å². The predicted octanol–water partition coefficient (Wildman–Crippen LogP) is 1.93. The summed E-state index contributed by atoms with van der Waals surface area (Å²) in [6, 6.07) is 8.69. The van der Waals surface area contributed by atoms with Crippen molar-refractivity contribution in [2.75, 3.05) is 26.2 Å². The first-order valence-electron chi connectivity index (χ1n) is 9.39. The van der Waals surface area contributed by atoms with Gasteiger partial charge in [-0.2, -0.15) is 0 Å². The van der Waals surface area contributed by atoms with Crippen LogP contribution in [-0.4, -0.2) is 47.8 Å². The van der Waals surface area contributed by atoms with Crippen LogP contribution in [0.2, 0.25) is 0 Å². The first-order valence-corrected chi connectivity index (χ1v) is 9.39. The van der Waals surface area contributed by atoms with Crippen LogP contribution in [0, 0.1) is 18.8 Å². The molecule has 2 aliphatic rings. The molecule has 0 unspecified atom stereocenters. The molecule has 2 heterocycles. The normalized spacial score (nSPS) is 20.6. The number of nitrogens with zero attached hydrogens (tertiary/aromatic N) is 2. The van der Waals surface area contributed by atoms with Crippen molar-refractivity contribution in [1.82, 2.24) is 9.80 Å². The molecule has 0 aliphatic carbocycles. The molecule has 2 saturated heterocycles. The number of benzene rings is 1. The molecule has 2 amide bonds. The lowest BCUT2D eigenvalue weighted by atomic mass is 9.91. The van der Waals surface area contributed by atoms with Crippen molar-refractivity contribution in [3.8, 4) is 0 Å². The van der Waals surface area contributed by atoms with Gasteiger partial charge in [-0.05, 0) is 51.3 Å². The second-order valence-corrected chi connectivity index (χ2v) is 7.54. The van der Waals surface area contributed by atoms with E-state index in [2.05, 4.69) is 36.1 Å². The molecule has 2 N–H and O–H groups in total. The Labute approximate surface area is 150 Å². The lowest BCUT2D eigenvalue weighted by molar-refractivity contribution is -0.140. The van der Waals surface area contributed by atoms with Crippen LogP contribution in [0.1, 0.15) is 36.8 Å². The number of aryl methyl sites for hydroxylation is 1. The number of hydrogen-bond donors (Lipinski definition) is 1. The molecule has 0 aromatic heterocycles. The summed E-state index contributed by atoms with van der Waals surface area (Å²) in [5, 5.41) is 0. The van der Waals surface area contributed by atoms with Gasteiger partial charge in [-0.15, -0.1) is 0 Å². The molecule has 25 heavy (non-hydrogen) atoms. The Kier molecular flexibility index (Phi) is 5.74. The van der Waals surface area contributed by atoms with Crippen LogP contribution in [0.15, 0.2) is 24.3 Å². The Bertz CT molecular complexity index is 598. The van der Waals surface area contributed by atoms with Crippen molar-refractivity contribution in [2.45, 2.75) is 39.2 Å². The zero-order chi connectivity index (χ0) is 17.8. The number of carbonyl (C=O) groups is 2. The van der Waals surface area contributed by atoms with Gasteiger partial charge in [-0.1, -0.05) is 29.8 Å². The maximum atomic E-state index is 12.7. The summed E-state index contributed by atoms with van der Waals surface area (Å²) in [7, 11) is 0. The molecule has 3 rings (SSSR count). The van der Waals surface area contributed by atoms with Crippen LogP contribution in [0.3, 0.4) is 0 Å². The third-order valence-corrected chi connectivity index (χ3v) is 5.67. The molecule has 0 radical (unpaired) electrons. The number of nitrogens with two attached hydrogens (primary N) is 1. The Morgan fingerprint density at radius 3 is 2.08 bits per heavy atom. The maximum Gasteiger partial charge on any atom is 0.225 e. The molecule has 1 aromatic carbocycles. The molecular formula is C20H29N3O2. The average Bonchev–Trinajstić information content (AvgIpc) is 2.64. The summed E-state index contributed by atoms with van der Waals surface area (Å²) in [6.07, 6.45) is 3.29. The largest absolute Gasteiger partial charge is 0.369 e. The molecule has 136 valence electrons. The van der Waals surface area contributed by atoms with E-state index in [0.29, 0.717) is 25.9 Å². The number of rotatable bonds is 4. The highest BCUT2D eigenvalue weighted by Gasteiger charge is 2.31. The summed E-state index contributed by atoms with van der Waals surface area (Å²) in [5.74, 6) is 0.134. The van der Waals surface area contributed by atoms with E-state index in [1.807, 2.05) is 4.90 Å². The first-order chi connectivity index (χ1) is 12.0. The lowest BCUT2D eigenvalue weighted by Crippen LogP contribution is -2.46. The molecule has 0 atom stereocenters. The Morgan fingerprint density at radius 1 is 0.960 bits per heavy atom. The van der Waals surface area contributed by atoms with Gasteiger partial charge in [0.2, 0.25) is 11.8 Å². The minimum absolute atomic E-state index is 0.0552. The highest BCUT2D eigenvalue weighted by molar-refractivity contribution is 5.80. The van der Waals surface area contributed by atoms with Crippen LogP contribution < -0.4 is 5.73 Å². The molecule has 0 bridgehead atoms. The summed E-state index contributed by atoms with van der Waals surface area (Å²) >= 11 is 0. The van der Waals surface area contributed by atoms with Gasteiger partial charge in [0, 0.05) is 31.5 Å². The molecule has 0 spiro atoms. The minimum atomic E-state index is -0.225. The van der Waals surface area contributed by atoms with E-state index in [4.69, 9.17) is 5.73 Å². The second-order valence-electron chi connectivity index (χ2n) is 7.54. The van der Waals surface area contributed by atoms with Crippen LogP contribution in [0.25, 0.3) is 0 Å². The Morgan fingerprint density at radius 2 is 1.52 bits per heavy atom. The van der Waals surface area contributed by atoms with Gasteiger partial charge >= 0.3 is 0 Å². The topological polar surface area (TPSA) is 66.6 Å². The fourth-order valence-corrected chi connectivity index (χ4v) is 3.93. The molecule has 2 aliphatic heterocycles. The molecule has 5 heteroatoms. The molecule has 2 fully saturated rings. The van der Waals surface area contributed by atoms with Gasteiger partial charge in [0.25, 0.3) is 0 Å². The van der Waals surface area contributed by atoms with E-state index in [1.165, 1.54) is 11.1 Å². The van der Waals surface area contributed by atoms with Crippen molar-refractivity contribution < 1.29 is 9.59 Å². The van der Waals surface area contributed by atoms with Gasteiger partial charge < -0.3 is 10.6 Å². The third-order valence-electron chi connectivity index (χ3n) is 5.67. The summed E-state index contributed by atoms with van der Waals surface area (Å²) < 4.78 is 0. The third kappa shape index (κ3) is 4.60. The van der Waals surface area contributed by atoms with Gasteiger partial charge in [0.05, 0.1) is 0 Å². The quantitative estimate of drug-likeness (QED) is 0.908. The SMILES string of the molecule is Cc1ccc(CN2CCC(C(=O)N3CCC(C(N)=O)CC3)CC2)cc1. The van der Waals surface area contributed by atoms with E-state index in [-0.39, 0.29) is 23.7 Å². The number of likely N-dealkylation sites (tertiary alicyclic amines) is 2. The number of amides is 2. The highest BCUT2D eigenvalue weighted by atomic mass is 16.2. The first kappa shape index (κ1) is 17.9. The van der Waals surface area contributed by atoms with E-state index in [9.17, 15) is 9.59 Å². The molecule has 0 saturated carbocycles. The molecular weight excluding hydrogens is 314 g/mol. The van der Waals surface area contributed by atoms with E-state index in [0.717, 1.165) is 32.5 Å². The highest BCUT2D eigenvalue weighted by Crippen LogP contribution is 2.24. The molecule has 1 aromatic rings. The van der Waals surface area contributed by atoms with Crippen LogP contribution in [-0.2, 0) is 16.1 Å². The maximum absolute atomic E-state index is 12.7. The minimum Gasteiger partial charge on any atom is -0.369 e. The standard InChI is InChI=1S/C20H29N3O2/c1-15-2-4-16(5-3-15)14-22-10-6-18(7-11-22)20(25)23-12-8-17(9-13-23)19(21)24/h2-5,17-18H,6-14H2,1H3,(H2,21,24). The lowest BCUT2D eigenvalue weighted by Gasteiger charge is -2.36. The summed E-state index contributed by atoms with van der Waals surface area (Å²) in [6.45, 7) is 6.37. The van der Waals surface area contributed by atoms with Crippen LogP contribution in [0.4, 0.5) is 0 Å². The van der Waals surface area contributed by atoms with Gasteiger partial charge in [-0.3, -0.25) is 14.5 Å². The Balaban J connectivity index is 1.45. The fourth-order valence-electron chi connectivity index (χ4n) is 3.93. The van der Waals surface area contributed by atoms with Crippen LogP contribution in [0.5, 0.6) is 0 Å². The smallest absolute Gasteiger partial charge is 0.225 e. The van der Waals surface area contributed by atoms with Crippen LogP contribution >= 0.6 is 0 Å². The monoisotopic (exact) mass is 343 g/mol. The number of primary amides is 1.